The van der Waals surface area contributed by atoms with E-state index >= 15 is 0 Å². The molecule has 0 saturated carbocycles. The summed E-state index contributed by atoms with van der Waals surface area (Å²) in [5.74, 6) is -1.38. The van der Waals surface area contributed by atoms with Crippen LogP contribution < -0.4 is 16.1 Å². The Morgan fingerprint density at radius 3 is 2.60 bits per heavy atom. The number of pyridine rings is 1. The number of ether oxygens (including phenoxy) is 1. The summed E-state index contributed by atoms with van der Waals surface area (Å²) in [5, 5.41) is 7.73. The van der Waals surface area contributed by atoms with E-state index in [1.54, 1.807) is 18.3 Å². The van der Waals surface area contributed by atoms with Crippen molar-refractivity contribution in [2.24, 2.45) is 0 Å². The van der Waals surface area contributed by atoms with Gasteiger partial charge in [0.25, 0.3) is 0 Å². The van der Waals surface area contributed by atoms with Crippen LogP contribution in [-0.4, -0.2) is 63.5 Å². The number of amides is 3. The summed E-state index contributed by atoms with van der Waals surface area (Å²) in [4.78, 5) is 59.1. The predicted molar refractivity (Wildman–Crippen MR) is 152 cm³/mol. The van der Waals surface area contributed by atoms with Crippen LogP contribution in [0.5, 0.6) is 0 Å². The number of hydrogen-bond acceptors (Lipinski definition) is 8. The van der Waals surface area contributed by atoms with Gasteiger partial charge in [-0.1, -0.05) is 48.0 Å². The minimum absolute atomic E-state index is 0.0101. The molecule has 42 heavy (non-hydrogen) atoms. The molecule has 0 fully saturated rings. The molecule has 2 aromatic carbocycles. The quantitative estimate of drug-likeness (QED) is 0.101. The van der Waals surface area contributed by atoms with E-state index in [0.717, 1.165) is 15.8 Å². The molecule has 3 aromatic rings. The lowest BCUT2D eigenvalue weighted by Crippen LogP contribution is -2.51. The summed E-state index contributed by atoms with van der Waals surface area (Å²) >= 11 is 6.03. The number of hydrogen-bond donors (Lipinski definition) is 5. The number of carbonyl (C=O) groups is 3. The van der Waals surface area contributed by atoms with Crippen LogP contribution in [-0.2, 0) is 30.0 Å². The van der Waals surface area contributed by atoms with E-state index in [0.29, 0.717) is 5.56 Å². The van der Waals surface area contributed by atoms with Crippen molar-refractivity contribution in [3.8, 4) is 0 Å². The molecule has 3 rings (SSSR count). The smallest absolute Gasteiger partial charge is 0.447 e. The van der Waals surface area contributed by atoms with E-state index in [1.807, 2.05) is 24.3 Å². The van der Waals surface area contributed by atoms with Gasteiger partial charge in [0.2, 0.25) is 11.8 Å². The molecule has 0 aliphatic heterocycles. The van der Waals surface area contributed by atoms with Crippen molar-refractivity contribution in [3.05, 3.63) is 71.1 Å². The predicted octanol–water partition coefficient (Wildman–Crippen LogP) is 3.50. The lowest BCUT2D eigenvalue weighted by molar-refractivity contribution is -0.137. The largest absolute Gasteiger partial charge is 0.469 e. The van der Waals surface area contributed by atoms with Crippen LogP contribution in [0.1, 0.15) is 25.3 Å². The molecule has 0 unspecified atom stereocenters. The van der Waals surface area contributed by atoms with Crippen molar-refractivity contribution in [2.75, 3.05) is 25.1 Å². The molecule has 0 bridgehead atoms. The standard InChI is InChI=1S/C26H30ClFN5O8P/c1-17(34)33(31-15-20-7-4-8-22(28)25(20)27)21(9-10-24(35)29-11-12-41-42(37,38)39)16-40-26(36)32-23-13-18-5-2-3-6-19(18)14-30-23/h2-8,13-14,21,31H,9-12,15-16H2,1H3,(H,29,35)(H,30,32,36)(H2,37,38,39)/t21-/m0/s1. The number of nitrogens with one attached hydrogen (secondary N) is 3. The zero-order valence-electron chi connectivity index (χ0n) is 22.5. The SMILES string of the molecule is CC(=O)N(NCc1cccc(F)c1Cl)[C@@H](CCC(=O)NCCOP(=O)(O)O)COC(=O)Nc1cc2ccccc2cn1. The summed E-state index contributed by atoms with van der Waals surface area (Å²) in [7, 11) is -4.67. The molecule has 13 nitrogen and oxygen atoms in total. The Kier molecular flexibility index (Phi) is 12.2. The topological polar surface area (TPSA) is 179 Å². The third-order valence-corrected chi connectivity index (χ3v) is 6.77. The van der Waals surface area contributed by atoms with E-state index in [2.05, 4.69) is 25.6 Å². The second kappa shape index (κ2) is 15.5. The number of carbonyl (C=O) groups excluding carboxylic acids is 3. The van der Waals surface area contributed by atoms with Crippen molar-refractivity contribution in [2.45, 2.75) is 32.4 Å². The van der Waals surface area contributed by atoms with Crippen LogP contribution in [0.4, 0.5) is 15.0 Å². The zero-order chi connectivity index (χ0) is 30.7. The van der Waals surface area contributed by atoms with Gasteiger partial charge in [-0.15, -0.1) is 0 Å². The number of hydrazine groups is 1. The molecular formula is C26H30ClFN5O8P. The Hall–Kier alpha value is -3.65. The van der Waals surface area contributed by atoms with Crippen molar-refractivity contribution < 1.29 is 42.4 Å². The Morgan fingerprint density at radius 1 is 1.14 bits per heavy atom. The monoisotopic (exact) mass is 625 g/mol. The molecule has 16 heteroatoms. The fourth-order valence-corrected chi connectivity index (χ4v) is 4.37. The molecule has 0 spiro atoms. The number of halogens is 2. The summed E-state index contributed by atoms with van der Waals surface area (Å²) in [6.45, 7) is 0.287. The maximum Gasteiger partial charge on any atom is 0.469 e. The number of nitrogens with zero attached hydrogens (tertiary/aromatic N) is 2. The van der Waals surface area contributed by atoms with Gasteiger partial charge in [-0.25, -0.2) is 24.2 Å². The molecule has 226 valence electrons. The number of anilines is 1. The number of benzene rings is 2. The molecular weight excluding hydrogens is 596 g/mol. The lowest BCUT2D eigenvalue weighted by Gasteiger charge is -2.31. The highest BCUT2D eigenvalue weighted by Crippen LogP contribution is 2.35. The van der Waals surface area contributed by atoms with E-state index < -0.39 is 44.2 Å². The van der Waals surface area contributed by atoms with Crippen molar-refractivity contribution in [1.29, 1.82) is 0 Å². The molecule has 1 aromatic heterocycles. The number of rotatable bonds is 14. The van der Waals surface area contributed by atoms with Crippen LogP contribution >= 0.6 is 19.4 Å². The first-order valence-corrected chi connectivity index (χ1v) is 14.6. The van der Waals surface area contributed by atoms with Gasteiger partial charge in [0.15, 0.2) is 0 Å². The zero-order valence-corrected chi connectivity index (χ0v) is 24.1. The highest BCUT2D eigenvalue weighted by atomic mass is 35.5. The van der Waals surface area contributed by atoms with E-state index in [-0.39, 0.29) is 43.4 Å². The fourth-order valence-electron chi connectivity index (χ4n) is 3.85. The van der Waals surface area contributed by atoms with Crippen molar-refractivity contribution in [3.63, 3.8) is 0 Å². The van der Waals surface area contributed by atoms with Gasteiger partial charge in [-0.2, -0.15) is 0 Å². The minimum atomic E-state index is -4.67. The molecule has 0 saturated heterocycles. The maximum absolute atomic E-state index is 13.9. The van der Waals surface area contributed by atoms with Gasteiger partial charge in [0, 0.05) is 38.0 Å². The number of fused-ring (bicyclic) bond motifs is 1. The highest BCUT2D eigenvalue weighted by molar-refractivity contribution is 7.46. The molecule has 1 heterocycles. The first kappa shape index (κ1) is 32.9. The summed E-state index contributed by atoms with van der Waals surface area (Å²) < 4.78 is 34.3. The van der Waals surface area contributed by atoms with Gasteiger partial charge in [-0.3, -0.25) is 24.4 Å². The average Bonchev–Trinajstić information content (AvgIpc) is 2.93. The molecule has 3 amide bonds. The Bertz CT molecular complexity index is 1460. The molecule has 0 radical (unpaired) electrons. The third kappa shape index (κ3) is 10.6. The van der Waals surface area contributed by atoms with Crippen LogP contribution in [0.2, 0.25) is 5.02 Å². The Labute approximate surface area is 245 Å². The first-order valence-electron chi connectivity index (χ1n) is 12.6. The molecule has 5 N–H and O–H groups in total. The second-order valence-electron chi connectivity index (χ2n) is 8.94. The normalized spacial score (nSPS) is 12.0. The number of phosphoric ester groups is 1. The van der Waals surface area contributed by atoms with E-state index in [4.69, 9.17) is 26.1 Å². The first-order chi connectivity index (χ1) is 19.9. The van der Waals surface area contributed by atoms with Gasteiger partial charge >= 0.3 is 13.9 Å². The Balaban J connectivity index is 1.66. The Morgan fingerprint density at radius 2 is 1.88 bits per heavy atom. The van der Waals surface area contributed by atoms with Crippen molar-refractivity contribution >= 4 is 53.9 Å². The van der Waals surface area contributed by atoms with Crippen LogP contribution in [0.3, 0.4) is 0 Å². The fraction of sp³-hybridized carbons (Fsp3) is 0.308. The highest BCUT2D eigenvalue weighted by Gasteiger charge is 2.25. The third-order valence-electron chi connectivity index (χ3n) is 5.83. The average molecular weight is 626 g/mol. The molecule has 0 aliphatic rings. The van der Waals surface area contributed by atoms with Crippen LogP contribution in [0.25, 0.3) is 10.8 Å². The maximum atomic E-state index is 13.9. The van der Waals surface area contributed by atoms with Crippen molar-refractivity contribution in [1.82, 2.24) is 20.7 Å². The van der Waals surface area contributed by atoms with Gasteiger partial charge in [0.1, 0.15) is 18.2 Å². The van der Waals surface area contributed by atoms with Gasteiger partial charge in [-0.05, 0) is 29.5 Å². The molecule has 0 aliphatic carbocycles. The van der Waals surface area contributed by atoms with E-state index in [1.165, 1.54) is 19.1 Å². The summed E-state index contributed by atoms with van der Waals surface area (Å²) in [5.41, 5.74) is 3.23. The van der Waals surface area contributed by atoms with Crippen LogP contribution in [0.15, 0.2) is 54.7 Å². The minimum Gasteiger partial charge on any atom is -0.447 e. The second-order valence-corrected chi connectivity index (χ2v) is 10.6. The van der Waals surface area contributed by atoms with Crippen LogP contribution in [0, 0.1) is 5.82 Å². The summed E-state index contributed by atoms with van der Waals surface area (Å²) in [6, 6.07) is 12.5. The lowest BCUT2D eigenvalue weighted by atomic mass is 10.1. The number of phosphoric acid groups is 1. The summed E-state index contributed by atoms with van der Waals surface area (Å²) in [6.07, 6.45) is 0.606. The van der Waals surface area contributed by atoms with Gasteiger partial charge in [0.05, 0.1) is 17.7 Å². The number of aromatic nitrogens is 1. The molecule has 1 atom stereocenters. The van der Waals surface area contributed by atoms with Gasteiger partial charge < -0.3 is 19.8 Å². The van der Waals surface area contributed by atoms with E-state index in [9.17, 15) is 23.3 Å².